The number of hydrogen-bond acceptors (Lipinski definition) is 3. The highest BCUT2D eigenvalue weighted by Gasteiger charge is 2.53. The predicted octanol–water partition coefficient (Wildman–Crippen LogP) is 3.73. The molecule has 142 valence electrons. The molecule has 2 aromatic rings. The Morgan fingerprint density at radius 1 is 0.963 bits per heavy atom. The summed E-state index contributed by atoms with van der Waals surface area (Å²) in [5.74, 6) is -0.615. The summed E-state index contributed by atoms with van der Waals surface area (Å²) in [7, 11) is 0. The van der Waals surface area contributed by atoms with Crippen LogP contribution < -0.4 is 0 Å². The zero-order valence-electron chi connectivity index (χ0n) is 15.2. The molecule has 0 unspecified atom stereocenters. The molecule has 4 saturated heterocycles. The van der Waals surface area contributed by atoms with Crippen LogP contribution in [0.15, 0.2) is 42.5 Å². The van der Waals surface area contributed by atoms with Gasteiger partial charge in [0.15, 0.2) is 11.6 Å². The summed E-state index contributed by atoms with van der Waals surface area (Å²) in [4.78, 5) is 4.87. The van der Waals surface area contributed by atoms with Crippen LogP contribution in [0.1, 0.15) is 29.9 Å². The molecule has 6 rings (SSSR count). The highest BCUT2D eigenvalue weighted by atomic mass is 19.2. The summed E-state index contributed by atoms with van der Waals surface area (Å²) >= 11 is 0. The zero-order valence-corrected chi connectivity index (χ0v) is 15.2. The molecule has 0 spiro atoms. The molecule has 2 aromatic carbocycles. The number of aromatic hydroxyl groups is 1. The molecule has 4 heterocycles. The second kappa shape index (κ2) is 6.57. The number of phenols is 1. The van der Waals surface area contributed by atoms with Gasteiger partial charge in [0.1, 0.15) is 5.75 Å². The van der Waals surface area contributed by atoms with E-state index in [0.717, 1.165) is 31.5 Å². The van der Waals surface area contributed by atoms with Gasteiger partial charge in [-0.15, -0.1) is 0 Å². The Bertz CT molecular complexity index is 850. The maximum Gasteiger partial charge on any atom is 0.162 e. The van der Waals surface area contributed by atoms with Gasteiger partial charge >= 0.3 is 0 Å². The Labute approximate surface area is 158 Å². The first kappa shape index (κ1) is 17.1. The van der Waals surface area contributed by atoms with E-state index in [-0.39, 0.29) is 12.0 Å². The smallest absolute Gasteiger partial charge is 0.162 e. The van der Waals surface area contributed by atoms with Gasteiger partial charge in [0.25, 0.3) is 0 Å². The van der Waals surface area contributed by atoms with E-state index in [1.54, 1.807) is 18.2 Å². The van der Waals surface area contributed by atoms with Crippen molar-refractivity contribution in [3.8, 4) is 5.75 Å². The van der Waals surface area contributed by atoms with Crippen LogP contribution in [-0.2, 0) is 6.54 Å². The maximum atomic E-state index is 14.6. The van der Waals surface area contributed by atoms with Crippen molar-refractivity contribution in [2.45, 2.75) is 37.4 Å². The minimum absolute atomic E-state index is 0.0420. The number of benzene rings is 2. The van der Waals surface area contributed by atoms with Crippen molar-refractivity contribution in [2.75, 3.05) is 19.6 Å². The quantitative estimate of drug-likeness (QED) is 0.892. The summed E-state index contributed by atoms with van der Waals surface area (Å²) in [6.07, 6.45) is 2.33. The van der Waals surface area contributed by atoms with Gasteiger partial charge < -0.3 is 5.11 Å². The molecule has 3 nitrogen and oxygen atoms in total. The Balaban J connectivity index is 1.52. The van der Waals surface area contributed by atoms with Gasteiger partial charge in [-0.1, -0.05) is 30.3 Å². The molecule has 0 aliphatic carbocycles. The average Bonchev–Trinajstić information content (AvgIpc) is 3.08. The number of phenolic OH excluding ortho intramolecular Hbond substituents is 1. The van der Waals surface area contributed by atoms with Crippen LogP contribution in [0.4, 0.5) is 8.78 Å². The SMILES string of the molecule is Oc1ccccc1CN1C[C@H](c2cccc(F)c2F)[C@H]2[C@@H]1C1CCN2CC1. The topological polar surface area (TPSA) is 26.7 Å². The largest absolute Gasteiger partial charge is 0.508 e. The van der Waals surface area contributed by atoms with Crippen LogP contribution >= 0.6 is 0 Å². The van der Waals surface area contributed by atoms with Crippen LogP contribution in [0, 0.1) is 17.6 Å². The number of nitrogens with zero attached hydrogens (tertiary/aromatic N) is 2. The van der Waals surface area contributed by atoms with Crippen molar-refractivity contribution < 1.29 is 13.9 Å². The molecule has 0 aromatic heterocycles. The molecular weight excluding hydrogens is 346 g/mol. The van der Waals surface area contributed by atoms with E-state index in [2.05, 4.69) is 9.80 Å². The summed E-state index contributed by atoms with van der Waals surface area (Å²) in [5.41, 5.74) is 1.39. The Kier molecular flexibility index (Phi) is 4.17. The van der Waals surface area contributed by atoms with Gasteiger partial charge in [0.2, 0.25) is 0 Å². The number of halogens is 2. The fourth-order valence-electron chi connectivity index (χ4n) is 5.67. The highest BCUT2D eigenvalue weighted by molar-refractivity contribution is 5.33. The van der Waals surface area contributed by atoms with E-state index in [4.69, 9.17) is 0 Å². The van der Waals surface area contributed by atoms with Gasteiger partial charge in [0.05, 0.1) is 0 Å². The van der Waals surface area contributed by atoms with Crippen molar-refractivity contribution in [3.63, 3.8) is 0 Å². The van der Waals surface area contributed by atoms with E-state index in [1.807, 2.05) is 18.2 Å². The first-order valence-electron chi connectivity index (χ1n) is 9.82. The van der Waals surface area contributed by atoms with Crippen molar-refractivity contribution in [3.05, 3.63) is 65.2 Å². The first-order valence-corrected chi connectivity index (χ1v) is 9.82. The average molecular weight is 370 g/mol. The normalized spacial score (nSPS) is 32.6. The third kappa shape index (κ3) is 2.75. The lowest BCUT2D eigenvalue weighted by Gasteiger charge is -2.51. The number of fused-ring (bicyclic) bond motifs is 2. The molecule has 0 radical (unpaired) electrons. The standard InChI is InChI=1S/C22H24F2N2O/c23-18-6-3-5-16(20(18)24)17-13-26(12-15-4-1-2-7-19(15)27)21-14-8-10-25(11-9-14)22(17)21/h1-7,14,17,21-22,27H,8-13H2/t17-,21+,22+/m1/s1. The molecule has 2 bridgehead atoms. The van der Waals surface area contributed by atoms with E-state index in [0.29, 0.717) is 36.4 Å². The number of hydrogen-bond donors (Lipinski definition) is 1. The molecule has 4 fully saturated rings. The number of likely N-dealkylation sites (tertiary alicyclic amines) is 1. The molecule has 5 heteroatoms. The minimum Gasteiger partial charge on any atom is -0.508 e. The lowest BCUT2D eigenvalue weighted by molar-refractivity contribution is -0.00902. The second-order valence-corrected chi connectivity index (χ2v) is 8.16. The minimum atomic E-state index is -0.765. The lowest BCUT2D eigenvalue weighted by Crippen LogP contribution is -2.60. The van der Waals surface area contributed by atoms with Crippen LogP contribution in [0.2, 0.25) is 0 Å². The third-order valence-corrected chi connectivity index (χ3v) is 6.84. The molecule has 4 aliphatic heterocycles. The van der Waals surface area contributed by atoms with Crippen LogP contribution in [0.5, 0.6) is 5.75 Å². The molecule has 0 amide bonds. The van der Waals surface area contributed by atoms with Gasteiger partial charge in [-0.2, -0.15) is 0 Å². The Morgan fingerprint density at radius 3 is 2.52 bits per heavy atom. The summed E-state index contributed by atoms with van der Waals surface area (Å²) < 4.78 is 28.5. The summed E-state index contributed by atoms with van der Waals surface area (Å²) in [5, 5.41) is 10.2. The van der Waals surface area contributed by atoms with Gasteiger partial charge in [-0.25, -0.2) is 8.78 Å². The molecule has 1 N–H and O–H groups in total. The molecule has 27 heavy (non-hydrogen) atoms. The zero-order chi connectivity index (χ0) is 18.5. The fourth-order valence-corrected chi connectivity index (χ4v) is 5.67. The summed E-state index contributed by atoms with van der Waals surface area (Å²) in [6.45, 7) is 3.43. The number of piperidine rings is 3. The number of rotatable bonds is 3. The van der Waals surface area contributed by atoms with E-state index < -0.39 is 11.6 Å². The first-order chi connectivity index (χ1) is 13.1. The Morgan fingerprint density at radius 2 is 1.74 bits per heavy atom. The van der Waals surface area contributed by atoms with Crippen molar-refractivity contribution >= 4 is 0 Å². The molecular formula is C22H24F2N2O. The predicted molar refractivity (Wildman–Crippen MR) is 99.5 cm³/mol. The van der Waals surface area contributed by atoms with Crippen LogP contribution in [0.25, 0.3) is 0 Å². The van der Waals surface area contributed by atoms with Crippen molar-refractivity contribution in [1.29, 1.82) is 0 Å². The monoisotopic (exact) mass is 370 g/mol. The van der Waals surface area contributed by atoms with Crippen LogP contribution in [0.3, 0.4) is 0 Å². The maximum absolute atomic E-state index is 14.6. The molecule has 0 saturated carbocycles. The van der Waals surface area contributed by atoms with Gasteiger partial charge in [-0.05, 0) is 49.5 Å². The summed E-state index contributed by atoms with van der Waals surface area (Å²) in [6, 6.07) is 12.5. The van der Waals surface area contributed by atoms with Crippen molar-refractivity contribution in [1.82, 2.24) is 9.80 Å². The van der Waals surface area contributed by atoms with Crippen LogP contribution in [-0.4, -0.2) is 46.6 Å². The van der Waals surface area contributed by atoms with E-state index in [1.165, 1.54) is 6.07 Å². The molecule has 3 atom stereocenters. The van der Waals surface area contributed by atoms with Crippen molar-refractivity contribution in [2.24, 2.45) is 5.92 Å². The second-order valence-electron chi connectivity index (χ2n) is 8.16. The van der Waals surface area contributed by atoms with Gasteiger partial charge in [-0.3, -0.25) is 9.80 Å². The Hall–Kier alpha value is -1.98. The fraction of sp³-hybridized carbons (Fsp3) is 0.455. The molecule has 4 aliphatic rings. The lowest BCUT2D eigenvalue weighted by atomic mass is 9.75. The van der Waals surface area contributed by atoms with Gasteiger partial charge in [0, 0.05) is 36.7 Å². The van der Waals surface area contributed by atoms with E-state index >= 15 is 0 Å². The third-order valence-electron chi connectivity index (χ3n) is 6.84. The highest BCUT2D eigenvalue weighted by Crippen LogP contribution is 2.47. The number of para-hydroxylation sites is 1. The van der Waals surface area contributed by atoms with E-state index in [9.17, 15) is 13.9 Å².